The van der Waals surface area contributed by atoms with Crippen LogP contribution >= 0.6 is 0 Å². The SMILES string of the molecule is CCCCOC(=O)c1cc(C(C)c2ccccc2)n(CCC(C)CC)n1. The molecular weight excluding hydrogens is 324 g/mol. The molecule has 4 heteroatoms. The van der Waals surface area contributed by atoms with Crippen molar-refractivity contribution in [2.24, 2.45) is 5.92 Å². The number of hydrogen-bond donors (Lipinski definition) is 0. The van der Waals surface area contributed by atoms with Crippen LogP contribution in [-0.2, 0) is 11.3 Å². The van der Waals surface area contributed by atoms with Gasteiger partial charge >= 0.3 is 5.97 Å². The Morgan fingerprint density at radius 1 is 1.19 bits per heavy atom. The molecule has 1 aromatic carbocycles. The molecule has 0 amide bonds. The minimum absolute atomic E-state index is 0.179. The second kappa shape index (κ2) is 10.1. The summed E-state index contributed by atoms with van der Waals surface area (Å²) in [7, 11) is 0. The fraction of sp³-hybridized carbons (Fsp3) is 0.545. The molecule has 2 atom stereocenters. The highest BCUT2D eigenvalue weighted by Crippen LogP contribution is 2.25. The zero-order chi connectivity index (χ0) is 18.9. The maximum absolute atomic E-state index is 12.3. The Balaban J connectivity index is 2.23. The van der Waals surface area contributed by atoms with Gasteiger partial charge in [0.15, 0.2) is 5.69 Å². The smallest absolute Gasteiger partial charge is 0.358 e. The van der Waals surface area contributed by atoms with Gasteiger partial charge < -0.3 is 4.74 Å². The van der Waals surface area contributed by atoms with E-state index in [9.17, 15) is 4.79 Å². The van der Waals surface area contributed by atoms with Gasteiger partial charge in [-0.15, -0.1) is 0 Å². The molecule has 0 saturated heterocycles. The molecule has 0 spiro atoms. The van der Waals surface area contributed by atoms with Crippen molar-refractivity contribution < 1.29 is 9.53 Å². The normalized spacial score (nSPS) is 13.4. The van der Waals surface area contributed by atoms with Gasteiger partial charge in [0.05, 0.1) is 6.61 Å². The van der Waals surface area contributed by atoms with Crippen molar-refractivity contribution >= 4 is 5.97 Å². The molecule has 0 aliphatic carbocycles. The number of rotatable bonds is 10. The van der Waals surface area contributed by atoms with E-state index in [1.165, 1.54) is 5.56 Å². The van der Waals surface area contributed by atoms with Crippen LogP contribution in [0.3, 0.4) is 0 Å². The van der Waals surface area contributed by atoms with E-state index in [0.29, 0.717) is 18.2 Å². The van der Waals surface area contributed by atoms with E-state index in [4.69, 9.17) is 4.74 Å². The highest BCUT2D eigenvalue weighted by atomic mass is 16.5. The van der Waals surface area contributed by atoms with Gasteiger partial charge in [-0.1, -0.05) is 70.9 Å². The molecule has 0 N–H and O–H groups in total. The second-order valence-electron chi connectivity index (χ2n) is 7.10. The molecule has 4 nitrogen and oxygen atoms in total. The maximum Gasteiger partial charge on any atom is 0.358 e. The fourth-order valence-electron chi connectivity index (χ4n) is 2.90. The average molecular weight is 357 g/mol. The van der Waals surface area contributed by atoms with Crippen LogP contribution in [0.2, 0.25) is 0 Å². The highest BCUT2D eigenvalue weighted by molar-refractivity contribution is 5.87. The summed E-state index contributed by atoms with van der Waals surface area (Å²) in [6, 6.07) is 12.3. The molecule has 0 aliphatic heterocycles. The summed E-state index contributed by atoms with van der Waals surface area (Å²) >= 11 is 0. The van der Waals surface area contributed by atoms with Crippen LogP contribution in [0.1, 0.15) is 81.0 Å². The van der Waals surface area contributed by atoms with Gasteiger partial charge in [0.1, 0.15) is 0 Å². The van der Waals surface area contributed by atoms with E-state index in [1.807, 2.05) is 28.9 Å². The lowest BCUT2D eigenvalue weighted by atomic mass is 9.97. The van der Waals surface area contributed by atoms with Crippen molar-refractivity contribution in [3.05, 3.63) is 53.3 Å². The lowest BCUT2D eigenvalue weighted by Crippen LogP contribution is -2.12. The van der Waals surface area contributed by atoms with Crippen molar-refractivity contribution in [2.45, 2.75) is 65.8 Å². The van der Waals surface area contributed by atoms with E-state index < -0.39 is 0 Å². The van der Waals surface area contributed by atoms with Crippen LogP contribution in [0.25, 0.3) is 0 Å². The number of nitrogens with zero attached hydrogens (tertiary/aromatic N) is 2. The molecule has 1 aromatic heterocycles. The van der Waals surface area contributed by atoms with Crippen molar-refractivity contribution in [3.8, 4) is 0 Å². The molecule has 0 radical (unpaired) electrons. The molecule has 1 heterocycles. The van der Waals surface area contributed by atoms with Crippen molar-refractivity contribution in [3.63, 3.8) is 0 Å². The number of hydrogen-bond acceptors (Lipinski definition) is 3. The summed E-state index contributed by atoms with van der Waals surface area (Å²) in [4.78, 5) is 12.3. The van der Waals surface area contributed by atoms with Crippen LogP contribution in [0.4, 0.5) is 0 Å². The van der Waals surface area contributed by atoms with Gasteiger partial charge in [-0.2, -0.15) is 5.10 Å². The van der Waals surface area contributed by atoms with Gasteiger partial charge in [0, 0.05) is 18.2 Å². The highest BCUT2D eigenvalue weighted by Gasteiger charge is 2.20. The van der Waals surface area contributed by atoms with Crippen LogP contribution in [0, 0.1) is 5.92 Å². The number of carbonyl (C=O) groups excluding carboxylic acids is 1. The molecule has 0 bridgehead atoms. The standard InChI is InChI=1S/C22H32N2O2/c1-5-7-15-26-22(25)20-16-21(18(4)19-11-9-8-10-12-19)24(23-20)14-13-17(3)6-2/h8-12,16-18H,5-7,13-15H2,1-4H3. The van der Waals surface area contributed by atoms with Crippen LogP contribution in [0.15, 0.2) is 36.4 Å². The third-order valence-corrected chi connectivity index (χ3v) is 5.03. The summed E-state index contributed by atoms with van der Waals surface area (Å²) in [6.45, 7) is 9.99. The van der Waals surface area contributed by atoms with Gasteiger partial charge in [0.2, 0.25) is 0 Å². The molecule has 0 saturated carbocycles. The number of aromatic nitrogens is 2. The molecular formula is C22H32N2O2. The average Bonchev–Trinajstić information content (AvgIpc) is 3.10. The Bertz CT molecular complexity index is 679. The third-order valence-electron chi connectivity index (χ3n) is 5.03. The largest absolute Gasteiger partial charge is 0.461 e. The fourth-order valence-corrected chi connectivity index (χ4v) is 2.90. The molecule has 2 rings (SSSR count). The minimum atomic E-state index is -0.317. The van der Waals surface area contributed by atoms with Crippen molar-refractivity contribution in [1.82, 2.24) is 9.78 Å². The Kier molecular flexibility index (Phi) is 7.89. The van der Waals surface area contributed by atoms with Gasteiger partial charge in [-0.25, -0.2) is 4.79 Å². The minimum Gasteiger partial charge on any atom is -0.461 e. The maximum atomic E-state index is 12.3. The summed E-state index contributed by atoms with van der Waals surface area (Å²) in [5.74, 6) is 0.499. The van der Waals surface area contributed by atoms with Crippen LogP contribution < -0.4 is 0 Å². The van der Waals surface area contributed by atoms with Gasteiger partial charge in [-0.3, -0.25) is 4.68 Å². The van der Waals surface area contributed by atoms with E-state index >= 15 is 0 Å². The summed E-state index contributed by atoms with van der Waals surface area (Å²) in [5.41, 5.74) is 2.72. The number of carbonyl (C=O) groups is 1. The molecule has 2 aromatic rings. The zero-order valence-electron chi connectivity index (χ0n) is 16.6. The van der Waals surface area contributed by atoms with Gasteiger partial charge in [0.25, 0.3) is 0 Å². The lowest BCUT2D eigenvalue weighted by Gasteiger charge is -2.16. The first-order valence-electron chi connectivity index (χ1n) is 9.86. The Morgan fingerprint density at radius 3 is 2.58 bits per heavy atom. The second-order valence-corrected chi connectivity index (χ2v) is 7.10. The number of aryl methyl sites for hydroxylation is 1. The Hall–Kier alpha value is -2.10. The Morgan fingerprint density at radius 2 is 1.92 bits per heavy atom. The van der Waals surface area contributed by atoms with Crippen molar-refractivity contribution in [2.75, 3.05) is 6.61 Å². The molecule has 26 heavy (non-hydrogen) atoms. The molecule has 0 aliphatic rings. The number of unbranched alkanes of at least 4 members (excludes halogenated alkanes) is 1. The predicted molar refractivity (Wildman–Crippen MR) is 105 cm³/mol. The first-order chi connectivity index (χ1) is 12.6. The van der Waals surface area contributed by atoms with E-state index in [-0.39, 0.29) is 11.9 Å². The zero-order valence-corrected chi connectivity index (χ0v) is 16.6. The molecule has 142 valence electrons. The molecule has 0 fully saturated rings. The van der Waals surface area contributed by atoms with E-state index in [0.717, 1.165) is 37.9 Å². The Labute approximate surface area is 157 Å². The van der Waals surface area contributed by atoms with Crippen LogP contribution in [-0.4, -0.2) is 22.4 Å². The lowest BCUT2D eigenvalue weighted by molar-refractivity contribution is 0.0491. The van der Waals surface area contributed by atoms with E-state index in [1.54, 1.807) is 0 Å². The first-order valence-corrected chi connectivity index (χ1v) is 9.86. The van der Waals surface area contributed by atoms with E-state index in [2.05, 4.69) is 44.9 Å². The topological polar surface area (TPSA) is 44.1 Å². The summed E-state index contributed by atoms with van der Waals surface area (Å²) in [5, 5.41) is 4.58. The summed E-state index contributed by atoms with van der Waals surface area (Å²) < 4.78 is 7.35. The number of benzene rings is 1. The first kappa shape index (κ1) is 20.2. The summed E-state index contributed by atoms with van der Waals surface area (Å²) in [6.07, 6.45) is 4.09. The van der Waals surface area contributed by atoms with Crippen molar-refractivity contribution in [1.29, 1.82) is 0 Å². The quantitative estimate of drug-likeness (QED) is 0.421. The monoisotopic (exact) mass is 356 g/mol. The van der Waals surface area contributed by atoms with Gasteiger partial charge in [-0.05, 0) is 30.4 Å². The third kappa shape index (κ3) is 5.45. The number of esters is 1. The predicted octanol–water partition coefficient (Wildman–Crippen LogP) is 5.43. The number of ether oxygens (including phenoxy) is 1. The van der Waals surface area contributed by atoms with Crippen LogP contribution in [0.5, 0.6) is 0 Å². The molecule has 2 unspecified atom stereocenters.